The van der Waals surface area contributed by atoms with E-state index in [1.807, 2.05) is 39.0 Å². The van der Waals surface area contributed by atoms with Crippen LogP contribution in [0, 0.1) is 16.7 Å². The highest BCUT2D eigenvalue weighted by Gasteiger charge is 2.33. The lowest BCUT2D eigenvalue weighted by Crippen LogP contribution is -2.29. The van der Waals surface area contributed by atoms with Crippen molar-refractivity contribution in [3.8, 4) is 6.07 Å². The quantitative estimate of drug-likeness (QED) is 0.753. The molecule has 94 valence electrons. The summed E-state index contributed by atoms with van der Waals surface area (Å²) in [5, 5.41) is 8.93. The van der Waals surface area contributed by atoms with Crippen LogP contribution in [0.4, 0.5) is 0 Å². The molecule has 2 rings (SSSR count). The van der Waals surface area contributed by atoms with Crippen molar-refractivity contribution in [2.45, 2.75) is 46.0 Å². The van der Waals surface area contributed by atoms with Crippen LogP contribution in [0.2, 0.25) is 0 Å². The fourth-order valence-electron chi connectivity index (χ4n) is 2.68. The third-order valence-corrected chi connectivity index (χ3v) is 3.64. The lowest BCUT2D eigenvalue weighted by molar-refractivity contribution is -0.128. The summed E-state index contributed by atoms with van der Waals surface area (Å²) in [5.41, 5.74) is 2.72. The number of carbonyl (C=O) groups excluding carboxylic acids is 1. The summed E-state index contributed by atoms with van der Waals surface area (Å²) in [4.78, 5) is 12.5. The lowest BCUT2D eigenvalue weighted by atomic mass is 9.73. The molecule has 1 aromatic carbocycles. The molecule has 0 fully saturated rings. The van der Waals surface area contributed by atoms with Crippen LogP contribution in [0.5, 0.6) is 0 Å². The first-order valence-corrected chi connectivity index (χ1v) is 6.50. The molecule has 1 aliphatic rings. The van der Waals surface area contributed by atoms with E-state index in [1.54, 1.807) is 0 Å². The van der Waals surface area contributed by atoms with Crippen molar-refractivity contribution in [2.24, 2.45) is 5.41 Å². The van der Waals surface area contributed by atoms with Crippen LogP contribution in [0.15, 0.2) is 18.2 Å². The van der Waals surface area contributed by atoms with Crippen molar-refractivity contribution in [1.29, 1.82) is 5.26 Å². The first-order chi connectivity index (χ1) is 8.43. The van der Waals surface area contributed by atoms with E-state index < -0.39 is 0 Å². The second-order valence-corrected chi connectivity index (χ2v) is 6.08. The molecule has 18 heavy (non-hydrogen) atoms. The zero-order valence-electron chi connectivity index (χ0n) is 11.3. The number of fused-ring (bicyclic) bond motifs is 1. The van der Waals surface area contributed by atoms with Gasteiger partial charge in [0.25, 0.3) is 0 Å². The van der Waals surface area contributed by atoms with E-state index in [-0.39, 0.29) is 11.3 Å². The van der Waals surface area contributed by atoms with Gasteiger partial charge in [0.05, 0.1) is 11.6 Å². The predicted molar refractivity (Wildman–Crippen MR) is 71.3 cm³/mol. The number of Topliss-reactive ketones (excluding diaryl/α,β-unsaturated/α-hetero) is 1. The zero-order chi connectivity index (χ0) is 13.3. The Bertz CT molecular complexity index is 517. The van der Waals surface area contributed by atoms with Gasteiger partial charge < -0.3 is 0 Å². The van der Waals surface area contributed by atoms with Gasteiger partial charge >= 0.3 is 0 Å². The molecule has 0 saturated carbocycles. The van der Waals surface area contributed by atoms with Crippen molar-refractivity contribution in [3.05, 3.63) is 34.9 Å². The molecule has 0 heterocycles. The van der Waals surface area contributed by atoms with Crippen molar-refractivity contribution in [2.75, 3.05) is 0 Å². The van der Waals surface area contributed by atoms with Gasteiger partial charge in [0.1, 0.15) is 5.78 Å². The van der Waals surface area contributed by atoms with Crippen LogP contribution in [-0.4, -0.2) is 5.78 Å². The molecule has 2 nitrogen and oxygen atoms in total. The lowest BCUT2D eigenvalue weighted by Gasteiger charge is -2.29. The van der Waals surface area contributed by atoms with Gasteiger partial charge in [0.2, 0.25) is 0 Å². The summed E-state index contributed by atoms with van der Waals surface area (Å²) in [6.45, 7) is 5.94. The third kappa shape index (κ3) is 2.31. The molecule has 0 radical (unpaired) electrons. The number of carbonyl (C=O) groups is 1. The topological polar surface area (TPSA) is 40.9 Å². The van der Waals surface area contributed by atoms with Gasteiger partial charge in [-0.2, -0.15) is 5.26 Å². The molecule has 1 aliphatic carbocycles. The smallest absolute Gasteiger partial charge is 0.145 e. The van der Waals surface area contributed by atoms with Crippen molar-refractivity contribution in [3.63, 3.8) is 0 Å². The van der Waals surface area contributed by atoms with E-state index in [4.69, 9.17) is 5.26 Å². The Balaban J connectivity index is 2.41. The van der Waals surface area contributed by atoms with Crippen LogP contribution in [-0.2, 0) is 11.2 Å². The van der Waals surface area contributed by atoms with Gasteiger partial charge in [0, 0.05) is 11.3 Å². The molecular weight excluding hydrogens is 222 g/mol. The van der Waals surface area contributed by atoms with E-state index in [9.17, 15) is 4.79 Å². The summed E-state index contributed by atoms with van der Waals surface area (Å²) in [6.07, 6.45) is 2.96. The average Bonchev–Trinajstić information content (AvgIpc) is 2.35. The molecule has 1 unspecified atom stereocenters. The molecule has 0 saturated heterocycles. The first kappa shape index (κ1) is 12.8. The van der Waals surface area contributed by atoms with E-state index in [0.717, 1.165) is 24.8 Å². The van der Waals surface area contributed by atoms with Crippen molar-refractivity contribution >= 4 is 5.78 Å². The van der Waals surface area contributed by atoms with Crippen molar-refractivity contribution in [1.82, 2.24) is 0 Å². The number of rotatable bonds is 1. The van der Waals surface area contributed by atoms with Gasteiger partial charge in [-0.05, 0) is 42.5 Å². The Morgan fingerprint density at radius 3 is 2.72 bits per heavy atom. The molecule has 1 atom stereocenters. The Morgan fingerprint density at radius 1 is 1.39 bits per heavy atom. The molecular formula is C16H19NO. The molecule has 0 spiro atoms. The van der Waals surface area contributed by atoms with E-state index in [1.165, 1.54) is 5.56 Å². The number of aryl methyl sites for hydroxylation is 1. The Hall–Kier alpha value is -1.62. The minimum atomic E-state index is -0.298. The highest BCUT2D eigenvalue weighted by atomic mass is 16.1. The van der Waals surface area contributed by atoms with E-state index in [2.05, 4.69) is 6.07 Å². The number of hydrogen-bond donors (Lipinski definition) is 0. The SMILES string of the molecule is CC(C)(C)C(=O)C1CCCc2cc(C#N)ccc21. The fraction of sp³-hybridized carbons (Fsp3) is 0.500. The number of nitriles is 1. The van der Waals surface area contributed by atoms with Gasteiger partial charge in [-0.3, -0.25) is 4.79 Å². The predicted octanol–water partition coefficient (Wildman–Crippen LogP) is 3.59. The molecule has 0 N–H and O–H groups in total. The second-order valence-electron chi connectivity index (χ2n) is 6.08. The number of hydrogen-bond acceptors (Lipinski definition) is 2. The molecule has 0 aromatic heterocycles. The Labute approximate surface area is 109 Å². The molecule has 2 heteroatoms. The van der Waals surface area contributed by atoms with Crippen LogP contribution in [0.1, 0.15) is 56.2 Å². The third-order valence-electron chi connectivity index (χ3n) is 3.64. The maximum Gasteiger partial charge on any atom is 0.145 e. The van der Waals surface area contributed by atoms with E-state index in [0.29, 0.717) is 11.3 Å². The Morgan fingerprint density at radius 2 is 2.11 bits per heavy atom. The maximum absolute atomic E-state index is 12.5. The minimum Gasteiger partial charge on any atom is -0.298 e. The highest BCUT2D eigenvalue weighted by Crippen LogP contribution is 2.37. The molecule has 1 aromatic rings. The molecule has 0 bridgehead atoms. The second kappa shape index (κ2) is 4.57. The summed E-state index contributed by atoms with van der Waals surface area (Å²) >= 11 is 0. The molecule has 0 aliphatic heterocycles. The van der Waals surface area contributed by atoms with Crippen LogP contribution < -0.4 is 0 Å². The monoisotopic (exact) mass is 241 g/mol. The average molecular weight is 241 g/mol. The minimum absolute atomic E-state index is 0.0153. The Kier molecular flexibility index (Phi) is 3.26. The van der Waals surface area contributed by atoms with Gasteiger partial charge in [0.15, 0.2) is 0 Å². The van der Waals surface area contributed by atoms with Gasteiger partial charge in [-0.15, -0.1) is 0 Å². The molecule has 0 amide bonds. The highest BCUT2D eigenvalue weighted by molar-refractivity contribution is 5.90. The number of benzene rings is 1. The van der Waals surface area contributed by atoms with Crippen LogP contribution in [0.25, 0.3) is 0 Å². The van der Waals surface area contributed by atoms with Crippen LogP contribution in [0.3, 0.4) is 0 Å². The van der Waals surface area contributed by atoms with E-state index >= 15 is 0 Å². The van der Waals surface area contributed by atoms with Gasteiger partial charge in [-0.1, -0.05) is 26.8 Å². The summed E-state index contributed by atoms with van der Waals surface area (Å²) < 4.78 is 0. The largest absolute Gasteiger partial charge is 0.298 e. The fourth-order valence-corrected chi connectivity index (χ4v) is 2.68. The number of ketones is 1. The van der Waals surface area contributed by atoms with Gasteiger partial charge in [-0.25, -0.2) is 0 Å². The zero-order valence-corrected chi connectivity index (χ0v) is 11.3. The summed E-state index contributed by atoms with van der Waals surface area (Å²) in [5.74, 6) is 0.328. The summed E-state index contributed by atoms with van der Waals surface area (Å²) in [6, 6.07) is 7.91. The maximum atomic E-state index is 12.5. The summed E-state index contributed by atoms with van der Waals surface area (Å²) in [7, 11) is 0. The van der Waals surface area contributed by atoms with Crippen LogP contribution >= 0.6 is 0 Å². The number of nitrogens with zero attached hydrogens (tertiary/aromatic N) is 1. The standard InChI is InChI=1S/C16H19NO/c1-16(2,3)15(18)14-6-4-5-12-9-11(10-17)7-8-13(12)14/h7-9,14H,4-6H2,1-3H3. The first-order valence-electron chi connectivity index (χ1n) is 6.50. The van der Waals surface area contributed by atoms with Crippen molar-refractivity contribution < 1.29 is 4.79 Å². The normalized spacial score (nSPS) is 18.9.